The third-order valence-corrected chi connectivity index (χ3v) is 2.92. The number of ether oxygens (including phenoxy) is 3. The smallest absolute Gasteiger partial charge is 0.210 e. The molecule has 0 aliphatic carbocycles. The summed E-state index contributed by atoms with van der Waals surface area (Å²) in [6.45, 7) is 2.64. The molecule has 0 fully saturated rings. The van der Waals surface area contributed by atoms with Gasteiger partial charge >= 0.3 is 0 Å². The summed E-state index contributed by atoms with van der Waals surface area (Å²) >= 11 is 0. The van der Waals surface area contributed by atoms with Gasteiger partial charge in [0.1, 0.15) is 0 Å². The van der Waals surface area contributed by atoms with E-state index in [1.807, 2.05) is 18.2 Å². The first-order chi connectivity index (χ1) is 10.3. The lowest BCUT2D eigenvalue weighted by molar-refractivity contribution is 0.197. The van der Waals surface area contributed by atoms with Crippen LogP contribution in [0.15, 0.2) is 23.2 Å². The largest absolute Gasteiger partial charge is 0.490 e. The highest BCUT2D eigenvalue weighted by Crippen LogP contribution is 2.32. The minimum atomic E-state index is 0.501. The molecule has 7 nitrogen and oxygen atoms in total. The molecule has 2 rings (SSSR count). The Morgan fingerprint density at radius 1 is 1.33 bits per heavy atom. The molecule has 1 heterocycles. The van der Waals surface area contributed by atoms with Crippen molar-refractivity contribution in [2.45, 2.75) is 12.8 Å². The molecule has 4 N–H and O–H groups in total. The van der Waals surface area contributed by atoms with Crippen LogP contribution in [0.4, 0.5) is 5.69 Å². The van der Waals surface area contributed by atoms with Crippen molar-refractivity contribution >= 4 is 11.6 Å². The van der Waals surface area contributed by atoms with Gasteiger partial charge in [-0.05, 0) is 18.6 Å². The van der Waals surface area contributed by atoms with E-state index in [4.69, 9.17) is 20.1 Å². The molecular formula is C14H22N4O3. The van der Waals surface area contributed by atoms with Crippen LogP contribution in [-0.2, 0) is 4.74 Å². The van der Waals surface area contributed by atoms with Crippen molar-refractivity contribution in [3.05, 3.63) is 18.2 Å². The van der Waals surface area contributed by atoms with E-state index in [0.717, 1.165) is 30.0 Å². The fourth-order valence-electron chi connectivity index (χ4n) is 1.90. The van der Waals surface area contributed by atoms with Crippen LogP contribution in [0.3, 0.4) is 0 Å². The highest BCUT2D eigenvalue weighted by molar-refractivity contribution is 5.93. The normalized spacial score (nSPS) is 14.5. The molecule has 0 atom stereocenters. The molecule has 0 aromatic heterocycles. The van der Waals surface area contributed by atoms with Crippen molar-refractivity contribution in [2.24, 2.45) is 10.8 Å². The summed E-state index contributed by atoms with van der Waals surface area (Å²) < 4.78 is 16.2. The highest BCUT2D eigenvalue weighted by atomic mass is 16.5. The van der Waals surface area contributed by atoms with Crippen LogP contribution in [0.2, 0.25) is 0 Å². The minimum Gasteiger partial charge on any atom is -0.490 e. The summed E-state index contributed by atoms with van der Waals surface area (Å²) in [5.41, 5.74) is 3.38. The molecule has 21 heavy (non-hydrogen) atoms. The molecule has 0 saturated heterocycles. The standard InChI is InChI=1S/C14H22N4O3/c1-19-7-2-6-16-14(18-15)17-11-4-5-12-13(10-11)21-9-3-8-20-12/h4-5,10H,2-3,6-9,15H2,1H3,(H2,16,17,18). The first kappa shape index (κ1) is 15.4. The molecule has 1 aliphatic heterocycles. The average molecular weight is 294 g/mol. The van der Waals surface area contributed by atoms with Gasteiger partial charge in [0, 0.05) is 38.4 Å². The maximum absolute atomic E-state index is 5.64. The first-order valence-electron chi connectivity index (χ1n) is 7.00. The third kappa shape index (κ3) is 4.80. The minimum absolute atomic E-state index is 0.501. The predicted molar refractivity (Wildman–Crippen MR) is 81.8 cm³/mol. The average Bonchev–Trinajstić information content (AvgIpc) is 2.75. The van der Waals surface area contributed by atoms with Crippen molar-refractivity contribution in [3.8, 4) is 11.5 Å². The number of aliphatic imine (C=N–C) groups is 1. The lowest BCUT2D eigenvalue weighted by Gasteiger charge is -2.12. The van der Waals surface area contributed by atoms with Gasteiger partial charge in [0.25, 0.3) is 0 Å². The van der Waals surface area contributed by atoms with Crippen molar-refractivity contribution in [2.75, 3.05) is 38.8 Å². The summed E-state index contributed by atoms with van der Waals surface area (Å²) in [5, 5.41) is 3.11. The molecule has 0 spiro atoms. The van der Waals surface area contributed by atoms with E-state index in [2.05, 4.69) is 15.7 Å². The van der Waals surface area contributed by atoms with Crippen LogP contribution >= 0.6 is 0 Å². The Hall–Kier alpha value is -1.99. The second-order valence-corrected chi connectivity index (χ2v) is 4.56. The molecule has 1 aromatic carbocycles. The summed E-state index contributed by atoms with van der Waals surface area (Å²) in [5.74, 6) is 7.46. The highest BCUT2D eigenvalue weighted by Gasteiger charge is 2.11. The molecule has 1 aliphatic rings. The Balaban J connectivity index is 1.99. The molecule has 0 saturated carbocycles. The molecule has 0 bridgehead atoms. The number of rotatable bonds is 5. The number of methoxy groups -OCH3 is 1. The van der Waals surface area contributed by atoms with Gasteiger partial charge in [0.15, 0.2) is 11.5 Å². The number of benzene rings is 1. The van der Waals surface area contributed by atoms with Crippen molar-refractivity contribution in [3.63, 3.8) is 0 Å². The molecule has 0 unspecified atom stereocenters. The van der Waals surface area contributed by atoms with Gasteiger partial charge in [0.2, 0.25) is 5.96 Å². The Labute approximate surface area is 124 Å². The van der Waals surface area contributed by atoms with Gasteiger partial charge in [-0.3, -0.25) is 10.4 Å². The molecule has 116 valence electrons. The number of hydrogen-bond acceptors (Lipinski definition) is 5. The molecule has 1 aromatic rings. The summed E-state index contributed by atoms with van der Waals surface area (Å²) in [6.07, 6.45) is 1.72. The van der Waals surface area contributed by atoms with Crippen LogP contribution < -0.4 is 26.1 Å². The number of nitrogens with one attached hydrogen (secondary N) is 2. The van der Waals surface area contributed by atoms with Crippen LogP contribution in [0.25, 0.3) is 0 Å². The first-order valence-corrected chi connectivity index (χ1v) is 7.00. The second-order valence-electron chi connectivity index (χ2n) is 4.56. The number of fused-ring (bicyclic) bond motifs is 1. The monoisotopic (exact) mass is 294 g/mol. The van der Waals surface area contributed by atoms with Gasteiger partial charge in [-0.25, -0.2) is 5.84 Å². The van der Waals surface area contributed by atoms with E-state index in [1.54, 1.807) is 7.11 Å². The topological polar surface area (TPSA) is 90.1 Å². The van der Waals surface area contributed by atoms with Crippen LogP contribution in [0.1, 0.15) is 12.8 Å². The SMILES string of the molecule is COCCCN=C(NN)Nc1ccc2c(c1)OCCCO2. The fraction of sp³-hybridized carbons (Fsp3) is 0.500. The van der Waals surface area contributed by atoms with E-state index in [1.165, 1.54) is 0 Å². The zero-order chi connectivity index (χ0) is 14.9. The summed E-state index contributed by atoms with van der Waals surface area (Å²) in [7, 11) is 1.67. The Morgan fingerprint density at radius 2 is 2.14 bits per heavy atom. The van der Waals surface area contributed by atoms with Gasteiger partial charge in [-0.15, -0.1) is 0 Å². The Kier molecular flexibility index (Phi) is 6.11. The number of hydrazine groups is 1. The van der Waals surface area contributed by atoms with Gasteiger partial charge in [-0.1, -0.05) is 0 Å². The maximum Gasteiger partial charge on any atom is 0.210 e. The number of guanidine groups is 1. The predicted octanol–water partition coefficient (Wildman–Crippen LogP) is 1.12. The lowest BCUT2D eigenvalue weighted by atomic mass is 10.3. The number of hydrogen-bond donors (Lipinski definition) is 3. The molecule has 0 radical (unpaired) electrons. The number of anilines is 1. The van der Waals surface area contributed by atoms with E-state index in [-0.39, 0.29) is 0 Å². The van der Waals surface area contributed by atoms with E-state index < -0.39 is 0 Å². The zero-order valence-electron chi connectivity index (χ0n) is 12.2. The lowest BCUT2D eigenvalue weighted by Crippen LogP contribution is -2.36. The van der Waals surface area contributed by atoms with E-state index >= 15 is 0 Å². The second kappa shape index (κ2) is 8.33. The van der Waals surface area contributed by atoms with Crippen LogP contribution in [0, 0.1) is 0 Å². The molecule has 7 heteroatoms. The summed E-state index contributed by atoms with van der Waals surface area (Å²) in [6, 6.07) is 5.65. The van der Waals surface area contributed by atoms with Gasteiger partial charge in [0.05, 0.1) is 13.2 Å². The number of nitrogens with two attached hydrogens (primary N) is 1. The number of nitrogens with zero attached hydrogens (tertiary/aromatic N) is 1. The third-order valence-electron chi connectivity index (χ3n) is 2.92. The Bertz CT molecular complexity index is 479. The fourth-order valence-corrected chi connectivity index (χ4v) is 1.90. The van der Waals surface area contributed by atoms with Gasteiger partial charge < -0.3 is 19.5 Å². The summed E-state index contributed by atoms with van der Waals surface area (Å²) in [4.78, 5) is 4.32. The van der Waals surface area contributed by atoms with Crippen LogP contribution in [-0.4, -0.2) is 39.4 Å². The van der Waals surface area contributed by atoms with E-state index in [9.17, 15) is 0 Å². The zero-order valence-corrected chi connectivity index (χ0v) is 12.2. The van der Waals surface area contributed by atoms with Gasteiger partial charge in [-0.2, -0.15) is 0 Å². The van der Waals surface area contributed by atoms with Crippen molar-refractivity contribution in [1.82, 2.24) is 5.43 Å². The molecular weight excluding hydrogens is 272 g/mol. The Morgan fingerprint density at radius 3 is 2.90 bits per heavy atom. The van der Waals surface area contributed by atoms with E-state index in [0.29, 0.717) is 32.3 Å². The maximum atomic E-state index is 5.64. The molecule has 0 amide bonds. The van der Waals surface area contributed by atoms with Crippen LogP contribution in [0.5, 0.6) is 11.5 Å². The van der Waals surface area contributed by atoms with Crippen molar-refractivity contribution < 1.29 is 14.2 Å². The van der Waals surface area contributed by atoms with Crippen molar-refractivity contribution in [1.29, 1.82) is 0 Å². The quantitative estimate of drug-likeness (QED) is 0.248.